The maximum absolute atomic E-state index is 11.5. The van der Waals surface area contributed by atoms with Crippen molar-refractivity contribution in [1.29, 1.82) is 0 Å². The van der Waals surface area contributed by atoms with Crippen LogP contribution >= 0.6 is 0 Å². The van der Waals surface area contributed by atoms with Crippen molar-refractivity contribution >= 4 is 11.9 Å². The maximum Gasteiger partial charge on any atom is 0.328 e. The fraction of sp³-hybridized carbons (Fsp3) is 0.667. The number of rotatable bonds is 6. The molecule has 0 spiro atoms. The van der Waals surface area contributed by atoms with Gasteiger partial charge in [0, 0.05) is 12.3 Å². The third-order valence-corrected chi connectivity index (χ3v) is 2.56. The van der Waals surface area contributed by atoms with Crippen LogP contribution in [-0.4, -0.2) is 25.0 Å². The second-order valence-corrected chi connectivity index (χ2v) is 3.95. The SMILES string of the molecule is C#CCCC[C@@H](NC(=O)C1CC1)C(=O)OC. The van der Waals surface area contributed by atoms with E-state index in [1.807, 2.05) is 0 Å². The van der Waals surface area contributed by atoms with Crippen LogP contribution in [0, 0.1) is 18.3 Å². The van der Waals surface area contributed by atoms with E-state index in [1.165, 1.54) is 7.11 Å². The molecule has 4 heteroatoms. The van der Waals surface area contributed by atoms with Crippen LogP contribution in [0.2, 0.25) is 0 Å². The molecule has 1 N–H and O–H groups in total. The van der Waals surface area contributed by atoms with E-state index in [2.05, 4.69) is 16.0 Å². The second kappa shape index (κ2) is 6.16. The number of unbranched alkanes of at least 4 members (excludes halogenated alkanes) is 1. The number of ether oxygens (including phenoxy) is 1. The third-order valence-electron chi connectivity index (χ3n) is 2.56. The Bertz CT molecular complexity index is 302. The number of terminal acetylenes is 1. The van der Waals surface area contributed by atoms with Crippen LogP contribution in [0.1, 0.15) is 32.1 Å². The Balaban J connectivity index is 2.39. The van der Waals surface area contributed by atoms with E-state index in [-0.39, 0.29) is 11.8 Å². The zero-order chi connectivity index (χ0) is 12.0. The van der Waals surface area contributed by atoms with E-state index >= 15 is 0 Å². The molecular formula is C12H17NO3. The van der Waals surface area contributed by atoms with Gasteiger partial charge in [-0.2, -0.15) is 0 Å². The fourth-order valence-corrected chi connectivity index (χ4v) is 1.43. The molecule has 0 heterocycles. The molecule has 0 aromatic rings. The van der Waals surface area contributed by atoms with E-state index < -0.39 is 12.0 Å². The van der Waals surface area contributed by atoms with Gasteiger partial charge in [0.15, 0.2) is 0 Å². The van der Waals surface area contributed by atoms with Crippen LogP contribution in [-0.2, 0) is 14.3 Å². The lowest BCUT2D eigenvalue weighted by atomic mass is 10.1. The topological polar surface area (TPSA) is 55.4 Å². The summed E-state index contributed by atoms with van der Waals surface area (Å²) in [5.74, 6) is 2.16. The van der Waals surface area contributed by atoms with Gasteiger partial charge < -0.3 is 10.1 Å². The van der Waals surface area contributed by atoms with Crippen LogP contribution in [0.4, 0.5) is 0 Å². The molecule has 1 amide bonds. The van der Waals surface area contributed by atoms with Gasteiger partial charge in [-0.1, -0.05) is 0 Å². The smallest absolute Gasteiger partial charge is 0.328 e. The molecule has 1 rings (SSSR count). The molecule has 0 unspecified atom stereocenters. The molecule has 4 nitrogen and oxygen atoms in total. The molecule has 1 saturated carbocycles. The van der Waals surface area contributed by atoms with Gasteiger partial charge in [0.2, 0.25) is 5.91 Å². The summed E-state index contributed by atoms with van der Waals surface area (Å²) < 4.78 is 4.64. The van der Waals surface area contributed by atoms with Gasteiger partial charge in [0.25, 0.3) is 0 Å². The van der Waals surface area contributed by atoms with E-state index in [9.17, 15) is 9.59 Å². The summed E-state index contributed by atoms with van der Waals surface area (Å²) in [7, 11) is 1.32. The number of hydrogen-bond donors (Lipinski definition) is 1. The van der Waals surface area contributed by atoms with Crippen molar-refractivity contribution in [3.05, 3.63) is 0 Å². The Labute approximate surface area is 95.7 Å². The lowest BCUT2D eigenvalue weighted by Gasteiger charge is -2.15. The molecule has 16 heavy (non-hydrogen) atoms. The van der Waals surface area contributed by atoms with Crippen molar-refractivity contribution in [2.45, 2.75) is 38.1 Å². The first-order chi connectivity index (χ1) is 7.69. The average Bonchev–Trinajstić information content (AvgIpc) is 3.10. The van der Waals surface area contributed by atoms with Gasteiger partial charge in [0.1, 0.15) is 6.04 Å². The number of amides is 1. The van der Waals surface area contributed by atoms with Crippen molar-refractivity contribution in [3.63, 3.8) is 0 Å². The lowest BCUT2D eigenvalue weighted by Crippen LogP contribution is -2.42. The number of methoxy groups -OCH3 is 1. The number of carbonyl (C=O) groups excluding carboxylic acids is 2. The molecule has 88 valence electrons. The van der Waals surface area contributed by atoms with Crippen molar-refractivity contribution in [1.82, 2.24) is 5.32 Å². The molecule has 1 fully saturated rings. The van der Waals surface area contributed by atoms with Gasteiger partial charge in [-0.15, -0.1) is 12.3 Å². The summed E-state index contributed by atoms with van der Waals surface area (Å²) in [5.41, 5.74) is 0. The summed E-state index contributed by atoms with van der Waals surface area (Å²) >= 11 is 0. The van der Waals surface area contributed by atoms with Crippen molar-refractivity contribution in [2.75, 3.05) is 7.11 Å². The molecule has 0 aromatic heterocycles. The molecule has 1 atom stereocenters. The first-order valence-electron chi connectivity index (χ1n) is 5.50. The van der Waals surface area contributed by atoms with Crippen molar-refractivity contribution in [2.24, 2.45) is 5.92 Å². The molecular weight excluding hydrogens is 206 g/mol. The van der Waals surface area contributed by atoms with Crippen LogP contribution in [0.25, 0.3) is 0 Å². The summed E-state index contributed by atoms with van der Waals surface area (Å²) in [6.07, 6.45) is 8.82. The number of nitrogens with one attached hydrogen (secondary N) is 1. The monoisotopic (exact) mass is 223 g/mol. The predicted molar refractivity (Wildman–Crippen MR) is 59.4 cm³/mol. The Morgan fingerprint density at radius 1 is 1.56 bits per heavy atom. The summed E-state index contributed by atoms with van der Waals surface area (Å²) in [5, 5.41) is 2.71. The zero-order valence-corrected chi connectivity index (χ0v) is 9.49. The number of esters is 1. The normalized spacial score (nSPS) is 16.0. The minimum absolute atomic E-state index is 0.0453. The number of carbonyl (C=O) groups is 2. The molecule has 0 radical (unpaired) electrons. The average molecular weight is 223 g/mol. The largest absolute Gasteiger partial charge is 0.467 e. The van der Waals surface area contributed by atoms with Gasteiger partial charge in [-0.3, -0.25) is 4.79 Å². The fourth-order valence-electron chi connectivity index (χ4n) is 1.43. The molecule has 1 aliphatic carbocycles. The van der Waals surface area contributed by atoms with Crippen LogP contribution in [0.5, 0.6) is 0 Å². The van der Waals surface area contributed by atoms with E-state index in [1.54, 1.807) is 0 Å². The highest BCUT2D eigenvalue weighted by Crippen LogP contribution is 2.29. The standard InChI is InChI=1S/C12H17NO3/c1-3-4-5-6-10(12(15)16-2)13-11(14)9-7-8-9/h1,9-10H,4-8H2,2H3,(H,13,14)/t10-/m1/s1. The van der Waals surface area contributed by atoms with E-state index in [0.29, 0.717) is 19.3 Å². The first-order valence-corrected chi connectivity index (χ1v) is 5.50. The summed E-state index contributed by atoms with van der Waals surface area (Å²) in [6.45, 7) is 0. The van der Waals surface area contributed by atoms with Gasteiger partial charge in [-0.05, 0) is 25.7 Å². The summed E-state index contributed by atoms with van der Waals surface area (Å²) in [6, 6.07) is -0.550. The Hall–Kier alpha value is -1.50. The third kappa shape index (κ3) is 3.93. The highest BCUT2D eigenvalue weighted by molar-refractivity contribution is 5.86. The minimum Gasteiger partial charge on any atom is -0.467 e. The van der Waals surface area contributed by atoms with Crippen molar-refractivity contribution < 1.29 is 14.3 Å². The summed E-state index contributed by atoms with van der Waals surface area (Å²) in [4.78, 5) is 22.9. The van der Waals surface area contributed by atoms with Crippen LogP contribution in [0.15, 0.2) is 0 Å². The molecule has 1 aliphatic rings. The van der Waals surface area contributed by atoms with Gasteiger partial charge in [-0.25, -0.2) is 4.79 Å². The molecule has 0 bridgehead atoms. The number of hydrogen-bond acceptors (Lipinski definition) is 3. The lowest BCUT2D eigenvalue weighted by molar-refractivity contribution is -0.145. The Morgan fingerprint density at radius 2 is 2.25 bits per heavy atom. The quantitative estimate of drug-likeness (QED) is 0.413. The molecule has 0 saturated heterocycles. The second-order valence-electron chi connectivity index (χ2n) is 3.95. The van der Waals surface area contributed by atoms with Crippen molar-refractivity contribution in [3.8, 4) is 12.3 Å². The highest BCUT2D eigenvalue weighted by atomic mass is 16.5. The predicted octanol–water partition coefficient (Wildman–Crippen LogP) is 0.858. The molecule has 0 aromatic carbocycles. The van der Waals surface area contributed by atoms with Gasteiger partial charge >= 0.3 is 5.97 Å². The van der Waals surface area contributed by atoms with E-state index in [0.717, 1.165) is 12.8 Å². The first kappa shape index (κ1) is 12.6. The maximum atomic E-state index is 11.5. The minimum atomic E-state index is -0.550. The van der Waals surface area contributed by atoms with E-state index in [4.69, 9.17) is 6.42 Å². The van der Waals surface area contributed by atoms with Crippen LogP contribution in [0.3, 0.4) is 0 Å². The highest BCUT2D eigenvalue weighted by Gasteiger charge is 2.32. The Kier molecular flexibility index (Phi) is 4.84. The van der Waals surface area contributed by atoms with Gasteiger partial charge in [0.05, 0.1) is 7.11 Å². The zero-order valence-electron chi connectivity index (χ0n) is 9.49. The van der Waals surface area contributed by atoms with Crippen LogP contribution < -0.4 is 5.32 Å². The molecule has 0 aliphatic heterocycles. The Morgan fingerprint density at radius 3 is 2.75 bits per heavy atom.